The number of rotatable bonds is 8. The smallest absolute Gasteiger partial charge is 0.191 e. The Kier molecular flexibility index (Phi) is 10.4. The van der Waals surface area contributed by atoms with E-state index in [2.05, 4.69) is 37.8 Å². The summed E-state index contributed by atoms with van der Waals surface area (Å²) in [6, 6.07) is 5.88. The monoisotopic (exact) mass is 474 g/mol. The Balaban J connectivity index is 0.00000312. The second-order valence-corrected chi connectivity index (χ2v) is 6.74. The fourth-order valence-corrected chi connectivity index (χ4v) is 3.01. The van der Waals surface area contributed by atoms with Crippen LogP contribution < -0.4 is 16.0 Å². The van der Waals surface area contributed by atoms with E-state index in [-0.39, 0.29) is 24.0 Å². The molecule has 0 unspecified atom stereocenters. The number of anilines is 1. The molecular weight excluding hydrogens is 447 g/mol. The van der Waals surface area contributed by atoms with Crippen molar-refractivity contribution in [2.75, 3.05) is 25.5 Å². The molecule has 0 fully saturated rings. The molecule has 0 aliphatic heterocycles. The van der Waals surface area contributed by atoms with Crippen LogP contribution in [0.4, 0.5) is 5.82 Å². The number of halogens is 1. The summed E-state index contributed by atoms with van der Waals surface area (Å²) in [5.41, 5.74) is 1.11. The van der Waals surface area contributed by atoms with Crippen LogP contribution in [-0.4, -0.2) is 36.1 Å². The lowest BCUT2D eigenvalue weighted by Gasteiger charge is -2.11. The first kappa shape index (κ1) is 21.6. The third-order valence-electron chi connectivity index (χ3n) is 3.57. The molecule has 3 N–H and O–H groups in total. The molecule has 0 radical (unpaired) electrons. The Morgan fingerprint density at radius 1 is 1.16 bits per heavy atom. The third kappa shape index (κ3) is 8.00. The molecule has 2 rings (SSSR count). The Morgan fingerprint density at radius 2 is 1.96 bits per heavy atom. The number of aromatic nitrogens is 2. The number of hydrogen-bond donors (Lipinski definition) is 3. The molecule has 2 aromatic rings. The summed E-state index contributed by atoms with van der Waals surface area (Å²) < 4.78 is 0. The van der Waals surface area contributed by atoms with Crippen LogP contribution in [0.5, 0.6) is 0 Å². The zero-order chi connectivity index (χ0) is 17.2. The highest BCUT2D eigenvalue weighted by molar-refractivity contribution is 14.0. The predicted molar refractivity (Wildman–Crippen MR) is 117 cm³/mol. The van der Waals surface area contributed by atoms with Crippen molar-refractivity contribution in [1.29, 1.82) is 0 Å². The van der Waals surface area contributed by atoms with E-state index in [1.165, 1.54) is 4.88 Å². The molecule has 8 heteroatoms. The zero-order valence-corrected chi connectivity index (χ0v) is 18.1. The lowest BCUT2D eigenvalue weighted by atomic mass is 10.3. The van der Waals surface area contributed by atoms with Gasteiger partial charge in [-0.1, -0.05) is 6.07 Å². The van der Waals surface area contributed by atoms with Crippen molar-refractivity contribution in [2.24, 2.45) is 4.99 Å². The second-order valence-electron chi connectivity index (χ2n) is 5.45. The highest BCUT2D eigenvalue weighted by atomic mass is 127. The molecule has 0 atom stereocenters. The van der Waals surface area contributed by atoms with Crippen molar-refractivity contribution in [1.82, 2.24) is 20.6 Å². The molecule has 0 aromatic carbocycles. The van der Waals surface area contributed by atoms with Gasteiger partial charge in [0.05, 0.1) is 12.2 Å². The van der Waals surface area contributed by atoms with Gasteiger partial charge in [0.2, 0.25) is 0 Å². The van der Waals surface area contributed by atoms with Gasteiger partial charge in [0.25, 0.3) is 0 Å². The van der Waals surface area contributed by atoms with Crippen LogP contribution in [0.1, 0.15) is 28.4 Å². The molecular formula is C17H27IN6S. The Hall–Kier alpha value is -1.42. The van der Waals surface area contributed by atoms with E-state index >= 15 is 0 Å². The van der Waals surface area contributed by atoms with Crippen LogP contribution in [0, 0.1) is 13.8 Å². The maximum atomic E-state index is 4.53. The summed E-state index contributed by atoms with van der Waals surface area (Å²) in [5, 5.41) is 11.0. The number of hydrogen-bond acceptors (Lipinski definition) is 5. The summed E-state index contributed by atoms with van der Waals surface area (Å²) in [5.74, 6) is 1.75. The minimum Gasteiger partial charge on any atom is -0.370 e. The second kappa shape index (κ2) is 12.0. The molecule has 138 valence electrons. The normalized spacial score (nSPS) is 10.9. The van der Waals surface area contributed by atoms with Gasteiger partial charge in [-0.3, -0.25) is 4.99 Å². The molecule has 25 heavy (non-hydrogen) atoms. The van der Waals surface area contributed by atoms with Gasteiger partial charge in [-0.05, 0) is 38.8 Å². The van der Waals surface area contributed by atoms with E-state index in [0.717, 1.165) is 48.4 Å². The molecule has 0 aliphatic rings. The van der Waals surface area contributed by atoms with E-state index in [1.54, 1.807) is 24.6 Å². The summed E-state index contributed by atoms with van der Waals surface area (Å²) in [6.45, 7) is 6.66. The summed E-state index contributed by atoms with van der Waals surface area (Å²) >= 11 is 1.73. The van der Waals surface area contributed by atoms with E-state index in [1.807, 2.05) is 25.1 Å². The number of nitrogens with zero attached hydrogens (tertiary/aromatic N) is 3. The molecule has 0 saturated heterocycles. The molecule has 0 amide bonds. The fraction of sp³-hybridized carbons (Fsp3) is 0.471. The van der Waals surface area contributed by atoms with Crippen LogP contribution in [0.3, 0.4) is 0 Å². The van der Waals surface area contributed by atoms with Crippen molar-refractivity contribution < 1.29 is 0 Å². The van der Waals surface area contributed by atoms with E-state index in [4.69, 9.17) is 0 Å². The van der Waals surface area contributed by atoms with Crippen LogP contribution in [0.25, 0.3) is 0 Å². The maximum absolute atomic E-state index is 4.53. The number of guanidine groups is 1. The Labute approximate surface area is 171 Å². The molecule has 0 spiro atoms. The number of nitrogens with one attached hydrogen (secondary N) is 3. The molecule has 0 aliphatic carbocycles. The van der Waals surface area contributed by atoms with Crippen molar-refractivity contribution in [3.05, 3.63) is 40.0 Å². The van der Waals surface area contributed by atoms with Crippen LogP contribution >= 0.6 is 35.3 Å². The van der Waals surface area contributed by atoms with E-state index < -0.39 is 0 Å². The number of aliphatic imine (C=N–C) groups is 1. The zero-order valence-electron chi connectivity index (χ0n) is 15.0. The van der Waals surface area contributed by atoms with Crippen molar-refractivity contribution in [3.8, 4) is 0 Å². The van der Waals surface area contributed by atoms with Gasteiger partial charge < -0.3 is 16.0 Å². The number of pyridine rings is 1. The molecule has 2 heterocycles. The third-order valence-corrected chi connectivity index (χ3v) is 4.64. The van der Waals surface area contributed by atoms with E-state index in [9.17, 15) is 0 Å². The van der Waals surface area contributed by atoms with Crippen LogP contribution in [0.2, 0.25) is 0 Å². The first-order chi connectivity index (χ1) is 11.7. The Bertz CT molecular complexity index is 624. The van der Waals surface area contributed by atoms with Gasteiger partial charge in [-0.2, -0.15) is 0 Å². The summed E-state index contributed by atoms with van der Waals surface area (Å²) in [6.07, 6.45) is 3.94. The molecule has 0 saturated carbocycles. The molecule has 6 nitrogen and oxygen atoms in total. The first-order valence-electron chi connectivity index (χ1n) is 8.21. The molecule has 0 bridgehead atoms. The van der Waals surface area contributed by atoms with Gasteiger partial charge >= 0.3 is 0 Å². The topological polar surface area (TPSA) is 74.2 Å². The summed E-state index contributed by atoms with van der Waals surface area (Å²) in [7, 11) is 1.79. The van der Waals surface area contributed by atoms with Gasteiger partial charge in [-0.25, -0.2) is 9.97 Å². The number of thiazole rings is 1. The SMILES string of the molecule is CN=C(NCCCCNc1ccccn1)NCc1nc(C)c(C)s1.I. The largest absolute Gasteiger partial charge is 0.370 e. The highest BCUT2D eigenvalue weighted by Gasteiger charge is 2.04. The number of unbranched alkanes of at least 4 members (excludes halogenated alkanes) is 1. The average molecular weight is 474 g/mol. The van der Waals surface area contributed by atoms with Gasteiger partial charge in [0.15, 0.2) is 5.96 Å². The van der Waals surface area contributed by atoms with Crippen molar-refractivity contribution in [3.63, 3.8) is 0 Å². The maximum Gasteiger partial charge on any atom is 0.191 e. The lowest BCUT2D eigenvalue weighted by molar-refractivity contribution is 0.710. The quantitative estimate of drug-likeness (QED) is 0.237. The highest BCUT2D eigenvalue weighted by Crippen LogP contribution is 2.15. The van der Waals surface area contributed by atoms with Gasteiger partial charge in [-0.15, -0.1) is 35.3 Å². The summed E-state index contributed by atoms with van der Waals surface area (Å²) in [4.78, 5) is 14.3. The Morgan fingerprint density at radius 3 is 2.60 bits per heavy atom. The standard InChI is InChI=1S/C17H26N6S.HI/c1-13-14(2)24-16(23-13)12-22-17(18-3)21-11-7-6-10-20-15-8-4-5-9-19-15;/h4-5,8-9H,6-7,10-12H2,1-3H3,(H,19,20)(H2,18,21,22);1H. The van der Waals surface area contributed by atoms with Crippen molar-refractivity contribution >= 4 is 47.1 Å². The average Bonchev–Trinajstić information content (AvgIpc) is 2.92. The first-order valence-corrected chi connectivity index (χ1v) is 9.03. The van der Waals surface area contributed by atoms with Gasteiger partial charge in [0.1, 0.15) is 10.8 Å². The lowest BCUT2D eigenvalue weighted by Crippen LogP contribution is -2.37. The number of aryl methyl sites for hydroxylation is 2. The predicted octanol–water partition coefficient (Wildman–Crippen LogP) is 3.33. The van der Waals surface area contributed by atoms with E-state index in [0.29, 0.717) is 6.54 Å². The van der Waals surface area contributed by atoms with Crippen molar-refractivity contribution in [2.45, 2.75) is 33.2 Å². The minimum absolute atomic E-state index is 0. The van der Waals surface area contributed by atoms with Crippen LogP contribution in [-0.2, 0) is 6.54 Å². The van der Waals surface area contributed by atoms with Gasteiger partial charge in [0, 0.05) is 31.2 Å². The van der Waals surface area contributed by atoms with Crippen LogP contribution in [0.15, 0.2) is 29.4 Å². The molecule has 2 aromatic heterocycles. The fourth-order valence-electron chi connectivity index (χ4n) is 2.14. The minimum atomic E-state index is 0.